The molecule has 0 spiro atoms. The lowest BCUT2D eigenvalue weighted by Gasteiger charge is -2.05. The van der Waals surface area contributed by atoms with Gasteiger partial charge in [-0.25, -0.2) is 9.37 Å². The molecular formula is C12H14FN3S. The van der Waals surface area contributed by atoms with Gasteiger partial charge in [-0.2, -0.15) is 0 Å². The number of nitrogens with zero attached hydrogens (tertiary/aromatic N) is 2. The van der Waals surface area contributed by atoms with Gasteiger partial charge in [0.2, 0.25) is 0 Å². The molecule has 2 N–H and O–H groups in total. The highest BCUT2D eigenvalue weighted by atomic mass is 32.2. The van der Waals surface area contributed by atoms with Crippen molar-refractivity contribution in [2.75, 3.05) is 11.5 Å². The number of aromatic nitrogens is 2. The molecule has 1 aromatic heterocycles. The molecule has 17 heavy (non-hydrogen) atoms. The van der Waals surface area contributed by atoms with E-state index >= 15 is 0 Å². The normalized spacial score (nSPS) is 10.7. The fraction of sp³-hybridized carbons (Fsp3) is 0.250. The second-order valence-corrected chi connectivity index (χ2v) is 4.87. The number of nitrogens with two attached hydrogens (primary N) is 1. The van der Waals surface area contributed by atoms with Gasteiger partial charge in [0.15, 0.2) is 0 Å². The van der Waals surface area contributed by atoms with Crippen LogP contribution in [-0.4, -0.2) is 15.3 Å². The Morgan fingerprint density at radius 2 is 2.29 bits per heavy atom. The molecular weight excluding hydrogens is 237 g/mol. The predicted octanol–water partition coefficient (Wildman–Crippen LogP) is 2.48. The minimum atomic E-state index is -0.251. The molecule has 2 aromatic rings. The summed E-state index contributed by atoms with van der Waals surface area (Å²) in [5.41, 5.74) is 6.39. The van der Waals surface area contributed by atoms with E-state index < -0.39 is 0 Å². The summed E-state index contributed by atoms with van der Waals surface area (Å²) in [5.74, 6) is 1.60. The van der Waals surface area contributed by atoms with Gasteiger partial charge >= 0.3 is 0 Å². The third-order valence-corrected chi connectivity index (χ3v) is 3.55. The van der Waals surface area contributed by atoms with E-state index in [0.717, 1.165) is 22.9 Å². The molecule has 0 unspecified atom stereocenters. The van der Waals surface area contributed by atoms with E-state index in [9.17, 15) is 4.39 Å². The van der Waals surface area contributed by atoms with Crippen LogP contribution in [0, 0.1) is 5.82 Å². The molecule has 0 saturated carbocycles. The Labute approximate surface area is 104 Å². The third kappa shape index (κ3) is 3.00. The Balaban J connectivity index is 1.94. The van der Waals surface area contributed by atoms with Crippen molar-refractivity contribution in [1.82, 2.24) is 9.55 Å². The van der Waals surface area contributed by atoms with Crippen LogP contribution in [0.3, 0.4) is 0 Å². The number of aryl methyl sites for hydroxylation is 2. The fourth-order valence-electron chi connectivity index (χ4n) is 1.52. The van der Waals surface area contributed by atoms with Crippen molar-refractivity contribution in [3.05, 3.63) is 42.2 Å². The number of rotatable bonds is 4. The average molecular weight is 251 g/mol. The van der Waals surface area contributed by atoms with E-state index in [-0.39, 0.29) is 5.82 Å². The zero-order valence-electron chi connectivity index (χ0n) is 9.56. The highest BCUT2D eigenvalue weighted by molar-refractivity contribution is 7.99. The van der Waals surface area contributed by atoms with Crippen molar-refractivity contribution in [2.45, 2.75) is 11.3 Å². The van der Waals surface area contributed by atoms with Gasteiger partial charge in [0.05, 0.1) is 0 Å². The standard InChI is InChI=1S/C12H14FN3S/c1-16-6-5-15-12(16)4-7-17-11-8-9(13)2-3-10(11)14/h2-3,5-6,8H,4,7,14H2,1H3. The van der Waals surface area contributed by atoms with Gasteiger partial charge in [0.25, 0.3) is 0 Å². The number of nitrogen functional groups attached to an aromatic ring is 1. The van der Waals surface area contributed by atoms with Crippen LogP contribution in [-0.2, 0) is 13.5 Å². The first kappa shape index (κ1) is 12.0. The molecule has 0 aliphatic heterocycles. The zero-order valence-corrected chi connectivity index (χ0v) is 10.4. The van der Waals surface area contributed by atoms with Crippen LogP contribution in [0.5, 0.6) is 0 Å². The van der Waals surface area contributed by atoms with Crippen molar-refractivity contribution in [3.63, 3.8) is 0 Å². The SMILES string of the molecule is Cn1ccnc1CCSc1cc(F)ccc1N. The third-order valence-electron chi connectivity index (χ3n) is 2.48. The Morgan fingerprint density at radius 1 is 1.47 bits per heavy atom. The number of thioether (sulfide) groups is 1. The Hall–Kier alpha value is -1.49. The quantitative estimate of drug-likeness (QED) is 0.670. The van der Waals surface area contributed by atoms with Gasteiger partial charge in [-0.1, -0.05) is 0 Å². The van der Waals surface area contributed by atoms with E-state index in [4.69, 9.17) is 5.73 Å². The molecule has 2 rings (SSSR count). The summed E-state index contributed by atoms with van der Waals surface area (Å²) < 4.78 is 15.0. The summed E-state index contributed by atoms with van der Waals surface area (Å²) >= 11 is 1.55. The summed E-state index contributed by atoms with van der Waals surface area (Å²) in [6.45, 7) is 0. The number of hydrogen-bond acceptors (Lipinski definition) is 3. The van der Waals surface area contributed by atoms with Crippen LogP contribution in [0.15, 0.2) is 35.5 Å². The molecule has 90 valence electrons. The molecule has 0 amide bonds. The molecule has 0 aliphatic rings. The van der Waals surface area contributed by atoms with Crippen LogP contribution in [0.25, 0.3) is 0 Å². The summed E-state index contributed by atoms with van der Waals surface area (Å²) in [6, 6.07) is 4.44. The maximum atomic E-state index is 13.0. The first-order valence-corrected chi connectivity index (χ1v) is 6.29. The lowest BCUT2D eigenvalue weighted by Crippen LogP contribution is -1.99. The lowest BCUT2D eigenvalue weighted by atomic mass is 10.3. The maximum Gasteiger partial charge on any atom is 0.124 e. The molecule has 0 fully saturated rings. The van der Waals surface area contributed by atoms with Crippen LogP contribution in [0.1, 0.15) is 5.82 Å². The first-order chi connectivity index (χ1) is 8.16. The van der Waals surface area contributed by atoms with E-state index in [1.807, 2.05) is 17.8 Å². The summed E-state index contributed by atoms with van der Waals surface area (Å²) in [5, 5.41) is 0. The van der Waals surface area contributed by atoms with Crippen molar-refractivity contribution < 1.29 is 4.39 Å². The molecule has 0 atom stereocenters. The largest absolute Gasteiger partial charge is 0.398 e. The Morgan fingerprint density at radius 3 is 3.00 bits per heavy atom. The van der Waals surface area contributed by atoms with Gasteiger partial charge in [-0.15, -0.1) is 11.8 Å². The van der Waals surface area contributed by atoms with E-state index in [1.54, 1.807) is 24.0 Å². The van der Waals surface area contributed by atoms with Crippen LogP contribution >= 0.6 is 11.8 Å². The average Bonchev–Trinajstić information content (AvgIpc) is 2.70. The monoisotopic (exact) mass is 251 g/mol. The van der Waals surface area contributed by atoms with Crippen LogP contribution in [0.4, 0.5) is 10.1 Å². The molecule has 5 heteroatoms. The maximum absolute atomic E-state index is 13.0. The number of hydrogen-bond donors (Lipinski definition) is 1. The number of anilines is 1. The number of halogens is 1. The zero-order chi connectivity index (χ0) is 12.3. The van der Waals surface area contributed by atoms with Gasteiger partial charge in [0.1, 0.15) is 11.6 Å². The summed E-state index contributed by atoms with van der Waals surface area (Å²) in [4.78, 5) is 5.02. The van der Waals surface area contributed by atoms with Crippen molar-refractivity contribution >= 4 is 17.4 Å². The summed E-state index contributed by atoms with van der Waals surface area (Å²) in [6.07, 6.45) is 4.53. The molecule has 1 aromatic carbocycles. The summed E-state index contributed by atoms with van der Waals surface area (Å²) in [7, 11) is 1.96. The van der Waals surface area contributed by atoms with Crippen molar-refractivity contribution in [1.29, 1.82) is 0 Å². The number of benzene rings is 1. The highest BCUT2D eigenvalue weighted by Crippen LogP contribution is 2.26. The Kier molecular flexibility index (Phi) is 3.68. The lowest BCUT2D eigenvalue weighted by molar-refractivity contribution is 0.624. The molecule has 0 aliphatic carbocycles. The highest BCUT2D eigenvalue weighted by Gasteiger charge is 2.04. The number of imidazole rings is 1. The van der Waals surface area contributed by atoms with Gasteiger partial charge in [0, 0.05) is 42.2 Å². The van der Waals surface area contributed by atoms with Gasteiger partial charge in [-0.3, -0.25) is 0 Å². The minimum Gasteiger partial charge on any atom is -0.398 e. The Bertz CT molecular complexity index is 510. The van der Waals surface area contributed by atoms with Crippen LogP contribution < -0.4 is 5.73 Å². The topological polar surface area (TPSA) is 43.8 Å². The van der Waals surface area contributed by atoms with E-state index in [2.05, 4.69) is 4.98 Å². The van der Waals surface area contributed by atoms with E-state index in [1.165, 1.54) is 12.1 Å². The molecule has 0 bridgehead atoms. The predicted molar refractivity (Wildman–Crippen MR) is 68.4 cm³/mol. The molecule has 3 nitrogen and oxygen atoms in total. The smallest absolute Gasteiger partial charge is 0.124 e. The second-order valence-electron chi connectivity index (χ2n) is 3.73. The minimum absolute atomic E-state index is 0.251. The molecule has 0 saturated heterocycles. The molecule has 1 heterocycles. The van der Waals surface area contributed by atoms with E-state index in [0.29, 0.717) is 5.69 Å². The fourth-order valence-corrected chi connectivity index (χ4v) is 2.46. The van der Waals surface area contributed by atoms with Gasteiger partial charge in [-0.05, 0) is 18.2 Å². The van der Waals surface area contributed by atoms with Crippen LogP contribution in [0.2, 0.25) is 0 Å². The first-order valence-electron chi connectivity index (χ1n) is 5.31. The van der Waals surface area contributed by atoms with Crippen molar-refractivity contribution in [3.8, 4) is 0 Å². The van der Waals surface area contributed by atoms with Crippen molar-refractivity contribution in [2.24, 2.45) is 7.05 Å². The second kappa shape index (κ2) is 5.23. The van der Waals surface area contributed by atoms with Gasteiger partial charge < -0.3 is 10.3 Å². The molecule has 0 radical (unpaired) electrons.